The highest BCUT2D eigenvalue weighted by atomic mass is 35.5. The zero-order valence-electron chi connectivity index (χ0n) is 12.7. The zero-order chi connectivity index (χ0) is 17.1. The molecule has 1 aromatic heterocycles. The van der Waals surface area contributed by atoms with Crippen molar-refractivity contribution in [2.24, 2.45) is 7.05 Å². The Morgan fingerprint density at radius 3 is 2.65 bits per heavy atom. The molecule has 0 atom stereocenters. The fourth-order valence-electron chi connectivity index (χ4n) is 2.03. The van der Waals surface area contributed by atoms with E-state index in [9.17, 15) is 14.9 Å². The number of hydrogen-bond acceptors (Lipinski definition) is 5. The minimum absolute atomic E-state index is 0.0942. The van der Waals surface area contributed by atoms with Crippen LogP contribution in [-0.2, 0) is 11.8 Å². The summed E-state index contributed by atoms with van der Waals surface area (Å²) >= 11 is 5.76. The van der Waals surface area contributed by atoms with Crippen molar-refractivity contribution in [2.45, 2.75) is 13.8 Å². The van der Waals surface area contributed by atoms with E-state index in [1.54, 1.807) is 10.8 Å². The molecule has 0 saturated carbocycles. The van der Waals surface area contributed by atoms with Gasteiger partial charge >= 0.3 is 5.97 Å². The highest BCUT2D eigenvalue weighted by molar-refractivity contribution is 6.32. The van der Waals surface area contributed by atoms with Gasteiger partial charge in [0.25, 0.3) is 5.69 Å². The number of aryl methyl sites for hydroxylation is 2. The van der Waals surface area contributed by atoms with E-state index >= 15 is 0 Å². The van der Waals surface area contributed by atoms with Crippen molar-refractivity contribution in [1.29, 1.82) is 0 Å². The van der Waals surface area contributed by atoms with Gasteiger partial charge in [-0.25, -0.2) is 4.79 Å². The number of nitro groups is 1. The first-order valence-corrected chi connectivity index (χ1v) is 7.01. The number of halogens is 1. The van der Waals surface area contributed by atoms with Gasteiger partial charge in [-0.05, 0) is 26.0 Å². The van der Waals surface area contributed by atoms with Gasteiger partial charge in [0.1, 0.15) is 10.8 Å². The topological polar surface area (TPSA) is 87.3 Å². The zero-order valence-corrected chi connectivity index (χ0v) is 13.5. The second-order valence-corrected chi connectivity index (χ2v) is 5.24. The van der Waals surface area contributed by atoms with Gasteiger partial charge in [-0.2, -0.15) is 5.10 Å². The fourth-order valence-corrected chi connectivity index (χ4v) is 2.27. The number of nitro benzene ring substituents is 1. The molecule has 2 aromatic rings. The highest BCUT2D eigenvalue weighted by Gasteiger charge is 2.14. The van der Waals surface area contributed by atoms with Gasteiger partial charge in [-0.3, -0.25) is 14.8 Å². The molecule has 7 nitrogen and oxygen atoms in total. The maximum Gasteiger partial charge on any atom is 0.336 e. The fraction of sp³-hybridized carbons (Fsp3) is 0.200. The molecule has 0 bridgehead atoms. The Bertz CT molecular complexity index is 811. The number of carbonyl (C=O) groups excluding carboxylic acids is 1. The normalized spacial score (nSPS) is 11.0. The Morgan fingerprint density at radius 1 is 1.43 bits per heavy atom. The molecule has 0 aliphatic carbocycles. The van der Waals surface area contributed by atoms with E-state index in [4.69, 9.17) is 16.3 Å². The third-order valence-corrected chi connectivity index (χ3v) is 3.59. The van der Waals surface area contributed by atoms with E-state index in [1.807, 2.05) is 20.9 Å². The van der Waals surface area contributed by atoms with Crippen LogP contribution in [-0.4, -0.2) is 20.7 Å². The summed E-state index contributed by atoms with van der Waals surface area (Å²) in [5, 5.41) is 14.8. The summed E-state index contributed by atoms with van der Waals surface area (Å²) < 4.78 is 6.80. The minimum atomic E-state index is -0.613. The van der Waals surface area contributed by atoms with Gasteiger partial charge in [0, 0.05) is 36.5 Å². The van der Waals surface area contributed by atoms with Crippen LogP contribution < -0.4 is 4.74 Å². The quantitative estimate of drug-likeness (QED) is 0.281. The first-order valence-electron chi connectivity index (χ1n) is 6.63. The van der Waals surface area contributed by atoms with Crippen LogP contribution in [0.15, 0.2) is 24.3 Å². The van der Waals surface area contributed by atoms with Crippen molar-refractivity contribution in [3.63, 3.8) is 0 Å². The van der Waals surface area contributed by atoms with Crippen LogP contribution in [0, 0.1) is 24.0 Å². The van der Waals surface area contributed by atoms with Crippen LogP contribution in [0.25, 0.3) is 6.08 Å². The van der Waals surface area contributed by atoms with Gasteiger partial charge < -0.3 is 4.74 Å². The number of aromatic nitrogens is 2. The van der Waals surface area contributed by atoms with Gasteiger partial charge in [0.05, 0.1) is 10.6 Å². The Hall–Kier alpha value is -2.67. The van der Waals surface area contributed by atoms with E-state index in [-0.39, 0.29) is 16.5 Å². The Balaban J connectivity index is 2.12. The van der Waals surface area contributed by atoms with Crippen LogP contribution in [0.5, 0.6) is 5.75 Å². The lowest BCUT2D eigenvalue weighted by Gasteiger charge is -2.02. The smallest absolute Gasteiger partial charge is 0.336 e. The van der Waals surface area contributed by atoms with E-state index < -0.39 is 10.9 Å². The molecule has 2 rings (SSSR count). The number of ether oxygens (including phenoxy) is 1. The van der Waals surface area contributed by atoms with E-state index in [2.05, 4.69) is 5.10 Å². The number of rotatable bonds is 4. The van der Waals surface area contributed by atoms with Gasteiger partial charge in [-0.1, -0.05) is 11.6 Å². The van der Waals surface area contributed by atoms with Crippen molar-refractivity contribution < 1.29 is 14.5 Å². The standard InChI is InChI=1S/C15H14ClN3O4/c1-9-12(10(2)18(3)17-9)5-7-15(20)23-11-4-6-14(19(21)22)13(16)8-11/h4-8H,1-3H3/b7-5+. The van der Waals surface area contributed by atoms with Crippen LogP contribution in [0.4, 0.5) is 5.69 Å². The summed E-state index contributed by atoms with van der Waals surface area (Å²) in [4.78, 5) is 21.9. The van der Waals surface area contributed by atoms with E-state index in [0.29, 0.717) is 0 Å². The average Bonchev–Trinajstić information content (AvgIpc) is 2.70. The SMILES string of the molecule is Cc1nn(C)c(C)c1/C=C/C(=O)Oc1ccc([N+](=O)[O-])c(Cl)c1. The molecule has 0 spiro atoms. The third kappa shape index (κ3) is 3.75. The number of esters is 1. The number of benzene rings is 1. The molecule has 0 saturated heterocycles. The van der Waals surface area contributed by atoms with E-state index in [1.165, 1.54) is 24.3 Å². The van der Waals surface area contributed by atoms with Crippen molar-refractivity contribution in [2.75, 3.05) is 0 Å². The van der Waals surface area contributed by atoms with Crippen LogP contribution in [0.2, 0.25) is 5.02 Å². The second kappa shape index (κ2) is 6.62. The van der Waals surface area contributed by atoms with Gasteiger partial charge in [0.2, 0.25) is 0 Å². The first-order chi connectivity index (χ1) is 10.8. The highest BCUT2D eigenvalue weighted by Crippen LogP contribution is 2.28. The summed E-state index contributed by atoms with van der Waals surface area (Å²) in [6.07, 6.45) is 2.89. The number of carbonyl (C=O) groups is 1. The Kier molecular flexibility index (Phi) is 4.80. The molecular formula is C15H14ClN3O4. The van der Waals surface area contributed by atoms with Crippen molar-refractivity contribution in [1.82, 2.24) is 9.78 Å². The molecule has 1 heterocycles. The Morgan fingerprint density at radius 2 is 2.13 bits per heavy atom. The molecular weight excluding hydrogens is 322 g/mol. The number of nitrogens with zero attached hydrogens (tertiary/aromatic N) is 3. The van der Waals surface area contributed by atoms with Crippen LogP contribution in [0.1, 0.15) is 17.0 Å². The van der Waals surface area contributed by atoms with Crippen LogP contribution >= 0.6 is 11.6 Å². The summed E-state index contributed by atoms with van der Waals surface area (Å²) in [7, 11) is 1.82. The lowest BCUT2D eigenvalue weighted by molar-refractivity contribution is -0.384. The first kappa shape index (κ1) is 16.7. The summed E-state index contributed by atoms with van der Waals surface area (Å²) in [5.41, 5.74) is 2.31. The molecule has 0 fully saturated rings. The molecule has 23 heavy (non-hydrogen) atoms. The molecule has 0 unspecified atom stereocenters. The third-order valence-electron chi connectivity index (χ3n) is 3.29. The van der Waals surface area contributed by atoms with Gasteiger partial charge in [0.15, 0.2) is 0 Å². The van der Waals surface area contributed by atoms with Crippen molar-refractivity contribution >= 4 is 29.3 Å². The molecule has 8 heteroatoms. The summed E-state index contributed by atoms with van der Waals surface area (Å²) in [6.45, 7) is 3.73. The Labute approximate surface area is 137 Å². The molecule has 120 valence electrons. The molecule has 1 aromatic carbocycles. The number of hydrogen-bond donors (Lipinski definition) is 0. The lowest BCUT2D eigenvalue weighted by Crippen LogP contribution is -2.04. The molecule has 0 N–H and O–H groups in total. The predicted molar refractivity (Wildman–Crippen MR) is 85.5 cm³/mol. The average molecular weight is 336 g/mol. The lowest BCUT2D eigenvalue weighted by atomic mass is 10.2. The van der Waals surface area contributed by atoms with Crippen LogP contribution in [0.3, 0.4) is 0 Å². The largest absolute Gasteiger partial charge is 0.423 e. The van der Waals surface area contributed by atoms with E-state index in [0.717, 1.165) is 17.0 Å². The maximum absolute atomic E-state index is 11.8. The summed E-state index contributed by atoms with van der Waals surface area (Å²) in [5.74, 6) is -0.479. The summed E-state index contributed by atoms with van der Waals surface area (Å²) in [6, 6.07) is 3.73. The van der Waals surface area contributed by atoms with Crippen molar-refractivity contribution in [3.05, 3.63) is 56.4 Å². The molecule has 0 aliphatic heterocycles. The molecule has 0 aliphatic rings. The van der Waals surface area contributed by atoms with Crippen molar-refractivity contribution in [3.8, 4) is 5.75 Å². The minimum Gasteiger partial charge on any atom is -0.423 e. The predicted octanol–water partition coefficient (Wildman–Crippen LogP) is 3.22. The monoisotopic (exact) mass is 335 g/mol. The maximum atomic E-state index is 11.8. The molecule has 0 amide bonds. The molecule has 0 radical (unpaired) electrons. The second-order valence-electron chi connectivity index (χ2n) is 4.83. The van der Waals surface area contributed by atoms with Gasteiger partial charge in [-0.15, -0.1) is 0 Å².